The normalized spacial score (nSPS) is 15.8. The van der Waals surface area contributed by atoms with E-state index >= 15 is 0 Å². The lowest BCUT2D eigenvalue weighted by molar-refractivity contribution is -0.148. The molecule has 3 rings (SSSR count). The van der Waals surface area contributed by atoms with Crippen LogP contribution in [0.4, 0.5) is 10.1 Å². The van der Waals surface area contributed by atoms with Crippen molar-refractivity contribution >= 4 is 45.3 Å². The van der Waals surface area contributed by atoms with Crippen LogP contribution >= 0.6 is 11.6 Å². The molecule has 0 radical (unpaired) electrons. The summed E-state index contributed by atoms with van der Waals surface area (Å²) >= 11 is 6.14. The molecule has 1 saturated heterocycles. The van der Waals surface area contributed by atoms with E-state index in [0.29, 0.717) is 18.7 Å². The van der Waals surface area contributed by atoms with Gasteiger partial charge in [0, 0.05) is 19.2 Å². The number of carbonyl (C=O) groups excluding carboxylic acids is 2. The number of hydrogen-bond donors (Lipinski definition) is 1. The summed E-state index contributed by atoms with van der Waals surface area (Å²) in [6.07, 6.45) is 3.84. The Labute approximate surface area is 197 Å². The average molecular weight is 495 g/mol. The summed E-state index contributed by atoms with van der Waals surface area (Å²) in [7, 11) is -3.71. The maximum absolute atomic E-state index is 13.2. The lowest BCUT2D eigenvalue weighted by atomic mass is 10.2. The first-order valence-electron chi connectivity index (χ1n) is 10.4. The molecule has 1 fully saturated rings. The Morgan fingerprint density at radius 3 is 2.58 bits per heavy atom. The largest absolute Gasteiger partial charge is 0.449 e. The van der Waals surface area contributed by atoms with Gasteiger partial charge in [0.15, 0.2) is 6.10 Å². The molecular weight excluding hydrogens is 471 g/mol. The Morgan fingerprint density at radius 1 is 1.15 bits per heavy atom. The monoisotopic (exact) mass is 494 g/mol. The Kier molecular flexibility index (Phi) is 8.23. The summed E-state index contributed by atoms with van der Waals surface area (Å²) < 4.78 is 45.5. The number of nitrogens with one attached hydrogen (secondary N) is 1. The summed E-state index contributed by atoms with van der Waals surface area (Å²) in [5.41, 5.74) is 0.556. The third-order valence-electron chi connectivity index (χ3n) is 5.07. The van der Waals surface area contributed by atoms with E-state index < -0.39 is 33.8 Å². The SMILES string of the molecule is CC(OC(=O)/C=C/c1cccc(F)c1)C(=O)Nc1cc(S(=O)(=O)N2CCCCC2)ccc1Cl. The van der Waals surface area contributed by atoms with Gasteiger partial charge in [0.1, 0.15) is 5.82 Å². The van der Waals surface area contributed by atoms with Gasteiger partial charge in [0.2, 0.25) is 10.0 Å². The highest BCUT2D eigenvalue weighted by Gasteiger charge is 2.27. The Morgan fingerprint density at radius 2 is 1.88 bits per heavy atom. The van der Waals surface area contributed by atoms with Crippen LogP contribution in [0.15, 0.2) is 53.4 Å². The second-order valence-corrected chi connectivity index (χ2v) is 9.91. The second-order valence-electron chi connectivity index (χ2n) is 7.56. The standard InChI is InChI=1S/C23H24ClFN2O5S/c1-16(32-22(28)11-8-17-6-5-7-18(25)14-17)23(29)26-21-15-19(9-10-20(21)24)33(30,31)27-12-3-2-4-13-27/h5-11,14-16H,2-4,12-13H2,1H3,(H,26,29)/b11-8+. The third-order valence-corrected chi connectivity index (χ3v) is 7.30. The van der Waals surface area contributed by atoms with Gasteiger partial charge in [-0.25, -0.2) is 17.6 Å². The lowest BCUT2D eigenvalue weighted by Crippen LogP contribution is -2.35. The van der Waals surface area contributed by atoms with E-state index in [2.05, 4.69) is 5.32 Å². The maximum Gasteiger partial charge on any atom is 0.331 e. The first kappa shape index (κ1) is 24.9. The third kappa shape index (κ3) is 6.63. The van der Waals surface area contributed by atoms with Crippen molar-refractivity contribution in [2.24, 2.45) is 0 Å². The fourth-order valence-corrected chi connectivity index (χ4v) is 5.00. The van der Waals surface area contributed by atoms with Crippen molar-refractivity contribution in [1.29, 1.82) is 0 Å². The van der Waals surface area contributed by atoms with Gasteiger partial charge in [0.05, 0.1) is 15.6 Å². The fourth-order valence-electron chi connectivity index (χ4n) is 3.29. The summed E-state index contributed by atoms with van der Waals surface area (Å²) in [6.45, 7) is 2.26. The molecule has 0 spiro atoms. The van der Waals surface area contributed by atoms with Gasteiger partial charge in [-0.05, 0) is 61.7 Å². The molecule has 33 heavy (non-hydrogen) atoms. The zero-order chi connectivity index (χ0) is 24.0. The van der Waals surface area contributed by atoms with Crippen LogP contribution in [0.25, 0.3) is 6.08 Å². The number of carbonyl (C=O) groups is 2. The first-order chi connectivity index (χ1) is 15.7. The minimum absolute atomic E-state index is 0.0202. The Bertz CT molecular complexity index is 1160. The number of ether oxygens (including phenoxy) is 1. The number of anilines is 1. The van der Waals surface area contributed by atoms with Crippen LogP contribution in [0.5, 0.6) is 0 Å². The molecule has 0 saturated carbocycles. The van der Waals surface area contributed by atoms with E-state index in [4.69, 9.17) is 16.3 Å². The van der Waals surface area contributed by atoms with E-state index in [-0.39, 0.29) is 15.6 Å². The number of nitrogens with zero attached hydrogens (tertiary/aromatic N) is 1. The van der Waals surface area contributed by atoms with Crippen molar-refractivity contribution in [1.82, 2.24) is 4.31 Å². The summed E-state index contributed by atoms with van der Waals surface area (Å²) in [6, 6.07) is 9.71. The summed E-state index contributed by atoms with van der Waals surface area (Å²) in [5.74, 6) is -1.92. The van der Waals surface area contributed by atoms with Crippen LogP contribution in [-0.4, -0.2) is 43.8 Å². The van der Waals surface area contributed by atoms with Gasteiger partial charge in [0.25, 0.3) is 5.91 Å². The Balaban J connectivity index is 1.65. The molecule has 1 heterocycles. The zero-order valence-corrected chi connectivity index (χ0v) is 19.5. The molecule has 1 N–H and O–H groups in total. The van der Waals surface area contributed by atoms with Crippen LogP contribution in [0.3, 0.4) is 0 Å². The van der Waals surface area contributed by atoms with Crippen molar-refractivity contribution in [3.05, 3.63) is 64.9 Å². The molecule has 1 atom stereocenters. The van der Waals surface area contributed by atoms with Crippen LogP contribution in [0, 0.1) is 5.82 Å². The van der Waals surface area contributed by atoms with Crippen molar-refractivity contribution < 1.29 is 27.1 Å². The average Bonchev–Trinajstić information content (AvgIpc) is 2.79. The molecule has 1 aliphatic heterocycles. The zero-order valence-electron chi connectivity index (χ0n) is 18.0. The highest BCUT2D eigenvalue weighted by atomic mass is 35.5. The molecule has 1 aliphatic rings. The predicted octanol–water partition coefficient (Wildman–Crippen LogP) is 4.24. The van der Waals surface area contributed by atoms with Crippen molar-refractivity contribution in [3.63, 3.8) is 0 Å². The number of esters is 1. The molecule has 2 aromatic carbocycles. The first-order valence-corrected chi connectivity index (χ1v) is 12.2. The van der Waals surface area contributed by atoms with Gasteiger partial charge >= 0.3 is 5.97 Å². The minimum atomic E-state index is -3.71. The quantitative estimate of drug-likeness (QED) is 0.459. The molecule has 0 bridgehead atoms. The number of amides is 1. The molecule has 1 amide bonds. The lowest BCUT2D eigenvalue weighted by Gasteiger charge is -2.26. The number of hydrogen-bond acceptors (Lipinski definition) is 5. The van der Waals surface area contributed by atoms with E-state index in [1.807, 2.05) is 0 Å². The predicted molar refractivity (Wildman–Crippen MR) is 124 cm³/mol. The summed E-state index contributed by atoms with van der Waals surface area (Å²) in [4.78, 5) is 24.5. The molecule has 0 aromatic heterocycles. The van der Waals surface area contributed by atoms with Crippen LogP contribution in [-0.2, 0) is 24.3 Å². The van der Waals surface area contributed by atoms with E-state index in [1.165, 1.54) is 53.7 Å². The maximum atomic E-state index is 13.2. The highest BCUT2D eigenvalue weighted by molar-refractivity contribution is 7.89. The van der Waals surface area contributed by atoms with E-state index in [1.54, 1.807) is 6.07 Å². The van der Waals surface area contributed by atoms with Gasteiger partial charge in [-0.2, -0.15) is 4.31 Å². The minimum Gasteiger partial charge on any atom is -0.449 e. The van der Waals surface area contributed by atoms with Crippen molar-refractivity contribution in [2.75, 3.05) is 18.4 Å². The molecule has 10 heteroatoms. The van der Waals surface area contributed by atoms with Gasteiger partial charge in [-0.3, -0.25) is 4.79 Å². The molecule has 2 aromatic rings. The second kappa shape index (κ2) is 10.9. The fraction of sp³-hybridized carbons (Fsp3) is 0.304. The highest BCUT2D eigenvalue weighted by Crippen LogP contribution is 2.28. The molecule has 1 unspecified atom stereocenters. The van der Waals surface area contributed by atoms with E-state index in [0.717, 1.165) is 25.3 Å². The van der Waals surface area contributed by atoms with Gasteiger partial charge < -0.3 is 10.1 Å². The number of halogens is 2. The van der Waals surface area contributed by atoms with E-state index in [9.17, 15) is 22.4 Å². The molecule has 7 nitrogen and oxygen atoms in total. The smallest absolute Gasteiger partial charge is 0.331 e. The number of benzene rings is 2. The number of piperidine rings is 1. The van der Waals surface area contributed by atoms with Gasteiger partial charge in [-0.15, -0.1) is 0 Å². The van der Waals surface area contributed by atoms with Gasteiger partial charge in [-0.1, -0.05) is 30.2 Å². The van der Waals surface area contributed by atoms with Crippen molar-refractivity contribution in [2.45, 2.75) is 37.2 Å². The van der Waals surface area contributed by atoms with Crippen LogP contribution in [0.1, 0.15) is 31.7 Å². The number of rotatable bonds is 7. The Hall–Kier alpha value is -2.75. The molecule has 0 aliphatic carbocycles. The van der Waals surface area contributed by atoms with Crippen LogP contribution in [0.2, 0.25) is 5.02 Å². The molecular formula is C23H24ClFN2O5S. The number of sulfonamides is 1. The summed E-state index contributed by atoms with van der Waals surface area (Å²) in [5, 5.41) is 2.65. The molecule has 176 valence electrons. The topological polar surface area (TPSA) is 92.8 Å². The van der Waals surface area contributed by atoms with Crippen molar-refractivity contribution in [3.8, 4) is 0 Å². The van der Waals surface area contributed by atoms with Crippen LogP contribution < -0.4 is 5.32 Å².